The number of nitrogens with zero attached hydrogens (tertiary/aromatic N) is 2. The molecule has 3 aliphatic rings. The molecule has 2 fully saturated rings. The fraction of sp³-hybridized carbons (Fsp3) is 0.517. The Bertz CT molecular complexity index is 1230. The maximum Gasteiger partial charge on any atom is 0.416 e. The number of nitrogens with one attached hydrogen (secondary N) is 1. The number of amides is 1. The van der Waals surface area contributed by atoms with Crippen molar-refractivity contribution in [2.24, 2.45) is 22.6 Å². The highest BCUT2D eigenvalue weighted by atomic mass is 19.4. The van der Waals surface area contributed by atoms with E-state index in [9.17, 15) is 18.0 Å². The molecule has 0 spiro atoms. The second kappa shape index (κ2) is 9.46. The van der Waals surface area contributed by atoms with Crippen LogP contribution in [0.1, 0.15) is 84.5 Å². The van der Waals surface area contributed by atoms with Crippen LogP contribution in [0, 0.1) is 11.8 Å². The smallest absolute Gasteiger partial charge is 0.387 e. The highest BCUT2D eigenvalue weighted by molar-refractivity contribution is 6.10. The zero-order chi connectivity index (χ0) is 26.5. The molecule has 198 valence electrons. The fourth-order valence-corrected chi connectivity index (χ4v) is 6.18. The van der Waals surface area contributed by atoms with Crippen LogP contribution in [0.4, 0.5) is 18.9 Å². The molecule has 1 amide bonds. The molecule has 3 N–H and O–H groups in total. The van der Waals surface area contributed by atoms with E-state index in [4.69, 9.17) is 5.73 Å². The predicted octanol–water partition coefficient (Wildman–Crippen LogP) is 6.01. The minimum Gasteiger partial charge on any atom is -0.387 e. The van der Waals surface area contributed by atoms with Crippen LogP contribution in [-0.4, -0.2) is 24.3 Å². The van der Waals surface area contributed by atoms with Crippen LogP contribution in [0.15, 0.2) is 41.4 Å². The highest BCUT2D eigenvalue weighted by Gasteiger charge is 2.41. The lowest BCUT2D eigenvalue weighted by atomic mass is 9.67. The lowest BCUT2D eigenvalue weighted by Crippen LogP contribution is -2.47. The molecule has 2 saturated carbocycles. The predicted molar refractivity (Wildman–Crippen MR) is 140 cm³/mol. The van der Waals surface area contributed by atoms with Crippen molar-refractivity contribution in [2.75, 3.05) is 11.9 Å². The van der Waals surface area contributed by atoms with E-state index in [1.54, 1.807) is 19.2 Å². The number of alkyl halides is 3. The SMILES string of the molecule is CN=C(N)[C@@H](c1cccc(N2Cc3c(cc(CNC4(C)CCC4)cc3C(F)(F)F)C2=O)c1)C1CC(C)C1. The Balaban J connectivity index is 1.46. The van der Waals surface area contributed by atoms with E-state index >= 15 is 0 Å². The number of aliphatic imine (C=N–C) groups is 1. The van der Waals surface area contributed by atoms with Gasteiger partial charge in [0.1, 0.15) is 5.84 Å². The van der Waals surface area contributed by atoms with Gasteiger partial charge in [0.25, 0.3) is 5.91 Å². The van der Waals surface area contributed by atoms with Gasteiger partial charge in [-0.2, -0.15) is 13.2 Å². The lowest BCUT2D eigenvalue weighted by molar-refractivity contribution is -0.138. The third-order valence-electron chi connectivity index (χ3n) is 8.58. The summed E-state index contributed by atoms with van der Waals surface area (Å²) in [5.41, 5.74) is 7.70. The maximum absolute atomic E-state index is 14.1. The number of nitrogens with two attached hydrogens (primary N) is 1. The van der Waals surface area contributed by atoms with Crippen molar-refractivity contribution in [3.8, 4) is 0 Å². The number of carbonyl (C=O) groups is 1. The molecule has 0 bridgehead atoms. The van der Waals surface area contributed by atoms with Crippen LogP contribution < -0.4 is 16.0 Å². The molecule has 0 radical (unpaired) electrons. The van der Waals surface area contributed by atoms with E-state index in [2.05, 4.69) is 24.2 Å². The first-order valence-electron chi connectivity index (χ1n) is 13.1. The first-order chi connectivity index (χ1) is 17.5. The summed E-state index contributed by atoms with van der Waals surface area (Å²) < 4.78 is 42.4. The molecule has 37 heavy (non-hydrogen) atoms. The molecule has 5 nitrogen and oxygen atoms in total. The number of benzene rings is 2. The van der Waals surface area contributed by atoms with Gasteiger partial charge in [0.05, 0.1) is 12.1 Å². The fourth-order valence-electron chi connectivity index (χ4n) is 6.18. The Morgan fingerprint density at radius 2 is 1.97 bits per heavy atom. The van der Waals surface area contributed by atoms with Crippen molar-refractivity contribution in [2.45, 2.75) is 76.7 Å². The number of carbonyl (C=O) groups excluding carboxylic acids is 1. The molecular formula is C29H35F3N4O. The molecule has 2 aromatic rings. The molecule has 2 aromatic carbocycles. The van der Waals surface area contributed by atoms with Gasteiger partial charge in [-0.1, -0.05) is 19.1 Å². The Hall–Kier alpha value is -2.87. The summed E-state index contributed by atoms with van der Waals surface area (Å²) in [6.45, 7) is 4.48. The zero-order valence-corrected chi connectivity index (χ0v) is 21.7. The Kier molecular flexibility index (Phi) is 6.59. The van der Waals surface area contributed by atoms with Crippen LogP contribution in [-0.2, 0) is 19.3 Å². The van der Waals surface area contributed by atoms with Crippen LogP contribution in [0.2, 0.25) is 0 Å². The standard InChI is InChI=1S/C29H35F3N4O/c1-17-10-20(11-17)25(26(33)34-3)19-6-4-7-21(14-19)36-16-23-22(27(36)37)12-18(13-24(23)29(30,31)32)15-35-28(2)8-5-9-28/h4,6-7,12-14,17,20,25,35H,5,8-11,15-16H2,1-3H3,(H2,33,34)/t17?,20?,25-/m0/s1. The molecule has 1 heterocycles. The molecule has 1 aliphatic heterocycles. The van der Waals surface area contributed by atoms with Crippen molar-refractivity contribution < 1.29 is 18.0 Å². The quantitative estimate of drug-likeness (QED) is 0.352. The summed E-state index contributed by atoms with van der Waals surface area (Å²) in [6, 6.07) is 10.3. The first-order valence-corrected chi connectivity index (χ1v) is 13.1. The molecule has 0 aromatic heterocycles. The number of hydrogen-bond donors (Lipinski definition) is 2. The summed E-state index contributed by atoms with van der Waals surface area (Å²) in [4.78, 5) is 19.2. The van der Waals surface area contributed by atoms with Gasteiger partial charge in [-0.3, -0.25) is 9.79 Å². The number of hydrogen-bond acceptors (Lipinski definition) is 3. The summed E-state index contributed by atoms with van der Waals surface area (Å²) in [5, 5.41) is 3.38. The average molecular weight is 513 g/mol. The van der Waals surface area contributed by atoms with Crippen molar-refractivity contribution >= 4 is 17.4 Å². The van der Waals surface area contributed by atoms with Crippen LogP contribution in [0.3, 0.4) is 0 Å². The van der Waals surface area contributed by atoms with E-state index in [-0.39, 0.29) is 29.1 Å². The minimum absolute atomic E-state index is 0.0421. The summed E-state index contributed by atoms with van der Waals surface area (Å²) in [5.74, 6) is 1.07. The van der Waals surface area contributed by atoms with E-state index < -0.39 is 17.6 Å². The summed E-state index contributed by atoms with van der Waals surface area (Å²) in [7, 11) is 1.67. The Morgan fingerprint density at radius 3 is 2.57 bits per heavy atom. The van der Waals surface area contributed by atoms with Gasteiger partial charge in [0.2, 0.25) is 0 Å². The number of halogens is 3. The Morgan fingerprint density at radius 1 is 1.24 bits per heavy atom. The monoisotopic (exact) mass is 512 g/mol. The van der Waals surface area contributed by atoms with Crippen LogP contribution in [0.5, 0.6) is 0 Å². The molecule has 5 rings (SSSR count). The topological polar surface area (TPSA) is 70.7 Å². The van der Waals surface area contributed by atoms with E-state index in [0.29, 0.717) is 35.5 Å². The van der Waals surface area contributed by atoms with Crippen molar-refractivity contribution in [3.63, 3.8) is 0 Å². The van der Waals surface area contributed by atoms with Crippen LogP contribution in [0.25, 0.3) is 0 Å². The van der Waals surface area contributed by atoms with Crippen molar-refractivity contribution in [1.29, 1.82) is 0 Å². The van der Waals surface area contributed by atoms with Gasteiger partial charge < -0.3 is 16.0 Å². The van der Waals surface area contributed by atoms with E-state index in [1.807, 2.05) is 18.2 Å². The van der Waals surface area contributed by atoms with Gasteiger partial charge >= 0.3 is 6.18 Å². The molecule has 0 saturated heterocycles. The molecule has 0 unspecified atom stereocenters. The summed E-state index contributed by atoms with van der Waals surface area (Å²) in [6.07, 6.45) is 0.664. The lowest BCUT2D eigenvalue weighted by Gasteiger charge is -2.39. The van der Waals surface area contributed by atoms with Gasteiger partial charge in [-0.05, 0) is 91.8 Å². The maximum atomic E-state index is 14.1. The molecule has 1 atom stereocenters. The minimum atomic E-state index is -4.54. The number of anilines is 1. The second-order valence-electron chi connectivity index (χ2n) is 11.4. The number of amidine groups is 1. The molecule has 2 aliphatic carbocycles. The third-order valence-corrected chi connectivity index (χ3v) is 8.58. The third kappa shape index (κ3) is 4.88. The van der Waals surface area contributed by atoms with Gasteiger partial charge in [0, 0.05) is 36.3 Å². The Labute approximate surface area is 216 Å². The van der Waals surface area contributed by atoms with Gasteiger partial charge in [-0.25, -0.2) is 0 Å². The number of fused-ring (bicyclic) bond motifs is 1. The van der Waals surface area contributed by atoms with Gasteiger partial charge in [-0.15, -0.1) is 0 Å². The highest BCUT2D eigenvalue weighted by Crippen LogP contribution is 2.45. The number of rotatable bonds is 7. The summed E-state index contributed by atoms with van der Waals surface area (Å²) >= 11 is 0. The molecular weight excluding hydrogens is 477 g/mol. The van der Waals surface area contributed by atoms with Crippen molar-refractivity contribution in [1.82, 2.24) is 5.32 Å². The van der Waals surface area contributed by atoms with Gasteiger partial charge in [0.15, 0.2) is 0 Å². The zero-order valence-electron chi connectivity index (χ0n) is 21.7. The second-order valence-corrected chi connectivity index (χ2v) is 11.4. The van der Waals surface area contributed by atoms with Crippen molar-refractivity contribution in [3.05, 3.63) is 64.2 Å². The molecule has 8 heteroatoms. The van der Waals surface area contributed by atoms with Crippen LogP contribution >= 0.6 is 0 Å². The normalized spacial score (nSPS) is 23.9. The van der Waals surface area contributed by atoms with E-state index in [0.717, 1.165) is 37.7 Å². The van der Waals surface area contributed by atoms with E-state index in [1.165, 1.54) is 11.0 Å². The average Bonchev–Trinajstić information content (AvgIpc) is 3.15. The largest absolute Gasteiger partial charge is 0.416 e. The first kappa shape index (κ1) is 25.8.